The van der Waals surface area contributed by atoms with Crippen molar-refractivity contribution in [2.75, 3.05) is 11.9 Å². The van der Waals surface area contributed by atoms with Crippen LogP contribution in [-0.4, -0.2) is 12.5 Å². The fourth-order valence-electron chi connectivity index (χ4n) is 1.95. The van der Waals surface area contributed by atoms with Crippen molar-refractivity contribution in [3.05, 3.63) is 65.7 Å². The van der Waals surface area contributed by atoms with Gasteiger partial charge in [-0.05, 0) is 36.2 Å². The second kappa shape index (κ2) is 6.84. The molecule has 2 aromatic carbocycles. The predicted molar refractivity (Wildman–Crippen MR) is 81.2 cm³/mol. The molecule has 0 radical (unpaired) electrons. The smallest absolute Gasteiger partial charge is 0.245 e. The van der Waals surface area contributed by atoms with Crippen molar-refractivity contribution >= 4 is 11.6 Å². The first kappa shape index (κ1) is 14.2. The standard InChI is InChI=1S/C16H19N3O/c17-11-10-12-6-8-14(9-7-12)19-16(20)15(18)13-4-2-1-3-5-13/h1-9,15H,10-11,17-18H2,(H,19,20)/t15-/m1/s1. The number of carbonyl (C=O) groups excluding carboxylic acids is 1. The molecule has 1 atom stereocenters. The minimum Gasteiger partial charge on any atom is -0.330 e. The molecule has 0 aliphatic carbocycles. The van der Waals surface area contributed by atoms with E-state index < -0.39 is 6.04 Å². The highest BCUT2D eigenvalue weighted by atomic mass is 16.2. The van der Waals surface area contributed by atoms with Gasteiger partial charge >= 0.3 is 0 Å². The molecule has 2 aromatic rings. The first-order chi connectivity index (χ1) is 9.70. The molecule has 20 heavy (non-hydrogen) atoms. The van der Waals surface area contributed by atoms with Gasteiger partial charge in [-0.2, -0.15) is 0 Å². The Balaban J connectivity index is 2.00. The third kappa shape index (κ3) is 3.66. The lowest BCUT2D eigenvalue weighted by atomic mass is 10.1. The van der Waals surface area contributed by atoms with Crippen LogP contribution in [0.1, 0.15) is 17.2 Å². The summed E-state index contributed by atoms with van der Waals surface area (Å²) < 4.78 is 0. The van der Waals surface area contributed by atoms with Crippen LogP contribution in [-0.2, 0) is 11.2 Å². The van der Waals surface area contributed by atoms with Crippen LogP contribution in [0.15, 0.2) is 54.6 Å². The van der Waals surface area contributed by atoms with Gasteiger partial charge in [-0.25, -0.2) is 0 Å². The largest absolute Gasteiger partial charge is 0.330 e. The highest BCUT2D eigenvalue weighted by Crippen LogP contribution is 2.14. The van der Waals surface area contributed by atoms with E-state index in [1.54, 1.807) is 0 Å². The molecule has 1 amide bonds. The molecule has 0 saturated heterocycles. The fourth-order valence-corrected chi connectivity index (χ4v) is 1.95. The molecule has 0 spiro atoms. The van der Waals surface area contributed by atoms with E-state index >= 15 is 0 Å². The van der Waals surface area contributed by atoms with Gasteiger partial charge in [0.25, 0.3) is 0 Å². The molecular formula is C16H19N3O. The zero-order valence-electron chi connectivity index (χ0n) is 11.3. The number of rotatable bonds is 5. The van der Waals surface area contributed by atoms with Gasteiger partial charge in [0.1, 0.15) is 6.04 Å². The monoisotopic (exact) mass is 269 g/mol. The van der Waals surface area contributed by atoms with Crippen LogP contribution in [0.5, 0.6) is 0 Å². The number of anilines is 1. The molecule has 4 heteroatoms. The van der Waals surface area contributed by atoms with Crippen molar-refractivity contribution in [3.8, 4) is 0 Å². The summed E-state index contributed by atoms with van der Waals surface area (Å²) in [5, 5.41) is 2.81. The van der Waals surface area contributed by atoms with Gasteiger partial charge < -0.3 is 16.8 Å². The molecule has 4 nitrogen and oxygen atoms in total. The summed E-state index contributed by atoms with van der Waals surface area (Å²) in [5.41, 5.74) is 14.1. The molecule has 0 aliphatic rings. The molecule has 0 bridgehead atoms. The zero-order valence-corrected chi connectivity index (χ0v) is 11.3. The maximum absolute atomic E-state index is 12.1. The quantitative estimate of drug-likeness (QED) is 0.774. The van der Waals surface area contributed by atoms with Crippen LogP contribution in [0.3, 0.4) is 0 Å². The van der Waals surface area contributed by atoms with Gasteiger partial charge in [-0.1, -0.05) is 42.5 Å². The Kier molecular flexibility index (Phi) is 4.87. The van der Waals surface area contributed by atoms with E-state index in [9.17, 15) is 4.79 Å². The van der Waals surface area contributed by atoms with Crippen LogP contribution in [0.2, 0.25) is 0 Å². The van der Waals surface area contributed by atoms with Gasteiger partial charge in [-0.3, -0.25) is 4.79 Å². The van der Waals surface area contributed by atoms with E-state index in [1.165, 1.54) is 0 Å². The summed E-state index contributed by atoms with van der Waals surface area (Å²) in [6, 6.07) is 16.3. The second-order valence-electron chi connectivity index (χ2n) is 4.61. The van der Waals surface area contributed by atoms with E-state index in [4.69, 9.17) is 11.5 Å². The fraction of sp³-hybridized carbons (Fsp3) is 0.188. The molecule has 2 rings (SSSR count). The summed E-state index contributed by atoms with van der Waals surface area (Å²) in [7, 11) is 0. The average Bonchev–Trinajstić information content (AvgIpc) is 2.49. The van der Waals surface area contributed by atoms with Gasteiger partial charge in [-0.15, -0.1) is 0 Å². The molecule has 104 valence electrons. The van der Waals surface area contributed by atoms with Gasteiger partial charge in [0.05, 0.1) is 0 Å². The van der Waals surface area contributed by atoms with Crippen LogP contribution >= 0.6 is 0 Å². The third-order valence-electron chi connectivity index (χ3n) is 3.10. The van der Waals surface area contributed by atoms with Crippen molar-refractivity contribution in [1.82, 2.24) is 0 Å². The Morgan fingerprint density at radius 1 is 1.05 bits per heavy atom. The molecule has 0 saturated carbocycles. The van der Waals surface area contributed by atoms with Crippen LogP contribution < -0.4 is 16.8 Å². The van der Waals surface area contributed by atoms with Crippen molar-refractivity contribution < 1.29 is 4.79 Å². The maximum Gasteiger partial charge on any atom is 0.245 e. The molecular weight excluding hydrogens is 250 g/mol. The maximum atomic E-state index is 12.1. The van der Waals surface area contributed by atoms with Crippen molar-refractivity contribution in [2.45, 2.75) is 12.5 Å². The van der Waals surface area contributed by atoms with Gasteiger partial charge in [0, 0.05) is 5.69 Å². The number of hydrogen-bond donors (Lipinski definition) is 3. The van der Waals surface area contributed by atoms with E-state index in [0.717, 1.165) is 23.2 Å². The van der Waals surface area contributed by atoms with E-state index in [2.05, 4.69) is 5.32 Å². The van der Waals surface area contributed by atoms with E-state index in [0.29, 0.717) is 6.54 Å². The van der Waals surface area contributed by atoms with Crippen molar-refractivity contribution in [2.24, 2.45) is 11.5 Å². The average molecular weight is 269 g/mol. The predicted octanol–water partition coefficient (Wildman–Crippen LogP) is 1.83. The third-order valence-corrected chi connectivity index (χ3v) is 3.10. The van der Waals surface area contributed by atoms with Gasteiger partial charge in [0.2, 0.25) is 5.91 Å². The SMILES string of the molecule is NCCc1ccc(NC(=O)[C@H](N)c2ccccc2)cc1. The normalized spacial score (nSPS) is 11.9. The summed E-state index contributed by atoms with van der Waals surface area (Å²) in [6.07, 6.45) is 0.831. The van der Waals surface area contributed by atoms with Crippen LogP contribution in [0.4, 0.5) is 5.69 Å². The van der Waals surface area contributed by atoms with Gasteiger partial charge in [0.15, 0.2) is 0 Å². The first-order valence-electron chi connectivity index (χ1n) is 6.61. The lowest BCUT2D eigenvalue weighted by molar-refractivity contribution is -0.117. The minimum atomic E-state index is -0.667. The number of nitrogens with two attached hydrogens (primary N) is 2. The zero-order chi connectivity index (χ0) is 14.4. The second-order valence-corrected chi connectivity index (χ2v) is 4.61. The highest BCUT2D eigenvalue weighted by molar-refractivity contribution is 5.95. The molecule has 0 aromatic heterocycles. The van der Waals surface area contributed by atoms with E-state index in [-0.39, 0.29) is 5.91 Å². The molecule has 0 unspecified atom stereocenters. The first-order valence-corrected chi connectivity index (χ1v) is 6.61. The number of nitrogens with one attached hydrogen (secondary N) is 1. The number of carbonyl (C=O) groups is 1. The Morgan fingerprint density at radius 2 is 1.70 bits per heavy atom. The number of hydrogen-bond acceptors (Lipinski definition) is 3. The minimum absolute atomic E-state index is 0.220. The number of benzene rings is 2. The summed E-state index contributed by atoms with van der Waals surface area (Å²) in [6.45, 7) is 0.616. The molecule has 0 heterocycles. The Hall–Kier alpha value is -2.17. The van der Waals surface area contributed by atoms with Crippen LogP contribution in [0.25, 0.3) is 0 Å². The van der Waals surface area contributed by atoms with Crippen molar-refractivity contribution in [1.29, 1.82) is 0 Å². The Morgan fingerprint density at radius 3 is 2.30 bits per heavy atom. The van der Waals surface area contributed by atoms with Crippen molar-refractivity contribution in [3.63, 3.8) is 0 Å². The Labute approximate surface area is 118 Å². The summed E-state index contributed by atoms with van der Waals surface area (Å²) >= 11 is 0. The lowest BCUT2D eigenvalue weighted by Gasteiger charge is -2.12. The summed E-state index contributed by atoms with van der Waals surface area (Å²) in [4.78, 5) is 12.1. The molecule has 0 fully saturated rings. The molecule has 5 N–H and O–H groups in total. The molecule has 0 aliphatic heterocycles. The Bertz CT molecular complexity index is 552. The lowest BCUT2D eigenvalue weighted by Crippen LogP contribution is -2.27. The van der Waals surface area contributed by atoms with E-state index in [1.807, 2.05) is 54.6 Å². The summed E-state index contributed by atoms with van der Waals surface area (Å²) in [5.74, 6) is -0.220. The van der Waals surface area contributed by atoms with Crippen LogP contribution in [0, 0.1) is 0 Å². The number of amides is 1. The topological polar surface area (TPSA) is 81.1 Å². The highest BCUT2D eigenvalue weighted by Gasteiger charge is 2.15.